The molecule has 0 aromatic carbocycles. The number of aromatic nitrogens is 1. The number of pyridine rings is 1. The van der Waals surface area contributed by atoms with Crippen molar-refractivity contribution in [2.75, 3.05) is 0 Å². The third-order valence-corrected chi connectivity index (χ3v) is 2.46. The van der Waals surface area contributed by atoms with E-state index in [1.165, 1.54) is 0 Å². The van der Waals surface area contributed by atoms with Gasteiger partial charge >= 0.3 is 0 Å². The van der Waals surface area contributed by atoms with E-state index in [0.717, 1.165) is 0 Å². The van der Waals surface area contributed by atoms with Gasteiger partial charge in [0.15, 0.2) is 5.78 Å². The van der Waals surface area contributed by atoms with Crippen molar-refractivity contribution in [3.63, 3.8) is 0 Å². The number of hydrogen-bond acceptors (Lipinski definition) is 3. The predicted molar refractivity (Wildman–Crippen MR) is 49.6 cm³/mol. The molecule has 14 heavy (non-hydrogen) atoms. The summed E-state index contributed by atoms with van der Waals surface area (Å²) in [7, 11) is 0. The number of Topliss-reactive ketones (excluding diaryl/α,β-unsaturated/α-hetero) is 1. The molecule has 1 amide bonds. The highest BCUT2D eigenvalue weighted by Crippen LogP contribution is 2.23. The Morgan fingerprint density at radius 3 is 3.00 bits per heavy atom. The molecule has 1 aromatic heterocycles. The zero-order chi connectivity index (χ0) is 10.1. The van der Waals surface area contributed by atoms with Gasteiger partial charge in [0.1, 0.15) is 0 Å². The number of hydrogen-bond donors (Lipinski definition) is 1. The molecule has 4 heteroatoms. The standard InChI is InChI=1S/C10H10N2O2/c11-10(14)6-4-8-7(9(13)5-6)2-1-3-12-8/h1-3,6H,4-5H2,(H2,11,14). The van der Waals surface area contributed by atoms with Crippen LogP contribution in [0.5, 0.6) is 0 Å². The summed E-state index contributed by atoms with van der Waals surface area (Å²) in [5, 5.41) is 0. The van der Waals surface area contributed by atoms with Crippen LogP contribution in [-0.4, -0.2) is 16.7 Å². The van der Waals surface area contributed by atoms with Crippen LogP contribution in [0.2, 0.25) is 0 Å². The van der Waals surface area contributed by atoms with Crippen LogP contribution >= 0.6 is 0 Å². The van der Waals surface area contributed by atoms with Crippen molar-refractivity contribution < 1.29 is 9.59 Å². The second-order valence-corrected chi connectivity index (χ2v) is 3.43. The first-order valence-electron chi connectivity index (χ1n) is 4.45. The number of rotatable bonds is 1. The number of carbonyl (C=O) groups is 2. The Morgan fingerprint density at radius 2 is 2.29 bits per heavy atom. The average molecular weight is 190 g/mol. The summed E-state index contributed by atoms with van der Waals surface area (Å²) in [5.41, 5.74) is 6.48. The zero-order valence-electron chi connectivity index (χ0n) is 7.56. The third kappa shape index (κ3) is 1.39. The van der Waals surface area contributed by atoms with Crippen molar-refractivity contribution in [2.24, 2.45) is 11.7 Å². The fraction of sp³-hybridized carbons (Fsp3) is 0.300. The van der Waals surface area contributed by atoms with Gasteiger partial charge in [0.05, 0.1) is 11.6 Å². The molecule has 1 aliphatic carbocycles. The maximum Gasteiger partial charge on any atom is 0.221 e. The van der Waals surface area contributed by atoms with E-state index in [1.54, 1.807) is 18.3 Å². The van der Waals surface area contributed by atoms with Crippen molar-refractivity contribution in [2.45, 2.75) is 12.8 Å². The van der Waals surface area contributed by atoms with Gasteiger partial charge in [0.2, 0.25) is 5.91 Å². The topological polar surface area (TPSA) is 73.1 Å². The largest absolute Gasteiger partial charge is 0.369 e. The highest BCUT2D eigenvalue weighted by atomic mass is 16.1. The van der Waals surface area contributed by atoms with Crippen LogP contribution in [0.3, 0.4) is 0 Å². The Bertz CT molecular complexity index is 401. The van der Waals surface area contributed by atoms with Gasteiger partial charge < -0.3 is 5.73 Å². The van der Waals surface area contributed by atoms with Gasteiger partial charge in [-0.1, -0.05) is 0 Å². The summed E-state index contributed by atoms with van der Waals surface area (Å²) < 4.78 is 0. The summed E-state index contributed by atoms with van der Waals surface area (Å²) in [5.74, 6) is -0.845. The summed E-state index contributed by atoms with van der Waals surface area (Å²) >= 11 is 0. The first-order valence-corrected chi connectivity index (χ1v) is 4.45. The van der Waals surface area contributed by atoms with Crippen LogP contribution in [0.15, 0.2) is 18.3 Å². The predicted octanol–water partition coefficient (Wildman–Crippen LogP) is 0.312. The van der Waals surface area contributed by atoms with Gasteiger partial charge in [-0.05, 0) is 12.1 Å². The molecule has 1 aromatic rings. The molecule has 0 bridgehead atoms. The molecule has 1 atom stereocenters. The minimum Gasteiger partial charge on any atom is -0.369 e. The summed E-state index contributed by atoms with van der Waals surface area (Å²) in [6.07, 6.45) is 2.32. The Kier molecular flexibility index (Phi) is 2.04. The van der Waals surface area contributed by atoms with E-state index >= 15 is 0 Å². The minimum absolute atomic E-state index is 0.0387. The van der Waals surface area contributed by atoms with Crippen molar-refractivity contribution in [1.29, 1.82) is 0 Å². The molecule has 0 aliphatic heterocycles. The summed E-state index contributed by atoms with van der Waals surface area (Å²) in [6, 6.07) is 3.46. The number of primary amides is 1. The lowest BCUT2D eigenvalue weighted by molar-refractivity contribution is -0.121. The summed E-state index contributed by atoms with van der Waals surface area (Å²) in [6.45, 7) is 0. The quantitative estimate of drug-likeness (QED) is 0.692. The lowest BCUT2D eigenvalue weighted by Crippen LogP contribution is -2.31. The van der Waals surface area contributed by atoms with Crippen molar-refractivity contribution in [3.05, 3.63) is 29.6 Å². The van der Waals surface area contributed by atoms with Gasteiger partial charge in [0.25, 0.3) is 0 Å². The Labute approximate surface area is 81.1 Å². The molecule has 2 N–H and O–H groups in total. The number of amides is 1. The number of fused-ring (bicyclic) bond motifs is 1. The second-order valence-electron chi connectivity index (χ2n) is 3.43. The molecular formula is C10H10N2O2. The number of carbonyl (C=O) groups excluding carboxylic acids is 2. The van der Waals surface area contributed by atoms with Gasteiger partial charge in [-0.25, -0.2) is 0 Å². The van der Waals surface area contributed by atoms with Crippen LogP contribution in [0.4, 0.5) is 0 Å². The van der Waals surface area contributed by atoms with E-state index < -0.39 is 5.91 Å². The van der Waals surface area contributed by atoms with Crippen LogP contribution < -0.4 is 5.73 Å². The van der Waals surface area contributed by atoms with Crippen LogP contribution in [-0.2, 0) is 11.2 Å². The number of nitrogens with two attached hydrogens (primary N) is 1. The van der Waals surface area contributed by atoms with Crippen molar-refractivity contribution in [1.82, 2.24) is 4.98 Å². The molecule has 72 valence electrons. The van der Waals surface area contributed by atoms with E-state index in [1.807, 2.05) is 0 Å². The molecule has 0 saturated carbocycles. The lowest BCUT2D eigenvalue weighted by Gasteiger charge is -2.19. The molecule has 4 nitrogen and oxygen atoms in total. The average Bonchev–Trinajstić information content (AvgIpc) is 2.17. The van der Waals surface area contributed by atoms with E-state index in [-0.39, 0.29) is 18.1 Å². The van der Waals surface area contributed by atoms with Gasteiger partial charge in [-0.2, -0.15) is 0 Å². The molecule has 0 fully saturated rings. The van der Waals surface area contributed by atoms with E-state index in [9.17, 15) is 9.59 Å². The SMILES string of the molecule is NC(=O)C1CC(=O)c2cccnc2C1. The molecule has 1 aliphatic rings. The van der Waals surface area contributed by atoms with E-state index in [4.69, 9.17) is 5.73 Å². The fourth-order valence-corrected chi connectivity index (χ4v) is 1.70. The Hall–Kier alpha value is -1.71. The van der Waals surface area contributed by atoms with Gasteiger partial charge in [-0.15, -0.1) is 0 Å². The van der Waals surface area contributed by atoms with Crippen LogP contribution in [0.25, 0.3) is 0 Å². The molecule has 0 spiro atoms. The smallest absolute Gasteiger partial charge is 0.221 e. The van der Waals surface area contributed by atoms with E-state index in [0.29, 0.717) is 17.7 Å². The normalized spacial score (nSPS) is 20.3. The highest BCUT2D eigenvalue weighted by Gasteiger charge is 2.28. The number of nitrogens with zero attached hydrogens (tertiary/aromatic N) is 1. The maximum atomic E-state index is 11.6. The first kappa shape index (κ1) is 8.87. The van der Waals surface area contributed by atoms with Crippen molar-refractivity contribution >= 4 is 11.7 Å². The molecule has 2 rings (SSSR count). The minimum atomic E-state index is -0.422. The fourth-order valence-electron chi connectivity index (χ4n) is 1.70. The lowest BCUT2D eigenvalue weighted by atomic mass is 9.85. The molecule has 0 saturated heterocycles. The van der Waals surface area contributed by atoms with E-state index in [2.05, 4.69) is 4.98 Å². The number of ketones is 1. The Morgan fingerprint density at radius 1 is 1.50 bits per heavy atom. The third-order valence-electron chi connectivity index (χ3n) is 2.46. The monoisotopic (exact) mass is 190 g/mol. The molecule has 0 radical (unpaired) electrons. The Balaban J connectivity index is 2.38. The van der Waals surface area contributed by atoms with Crippen LogP contribution in [0, 0.1) is 5.92 Å². The van der Waals surface area contributed by atoms with Crippen LogP contribution in [0.1, 0.15) is 22.5 Å². The summed E-state index contributed by atoms with van der Waals surface area (Å²) in [4.78, 5) is 26.6. The highest BCUT2D eigenvalue weighted by molar-refractivity contribution is 6.00. The maximum absolute atomic E-state index is 11.6. The first-order chi connectivity index (χ1) is 6.68. The van der Waals surface area contributed by atoms with Crippen molar-refractivity contribution in [3.8, 4) is 0 Å². The molecular weight excluding hydrogens is 180 g/mol. The van der Waals surface area contributed by atoms with Gasteiger partial charge in [-0.3, -0.25) is 14.6 Å². The van der Waals surface area contributed by atoms with Gasteiger partial charge in [0, 0.05) is 24.6 Å². The second kappa shape index (κ2) is 3.21. The molecule has 1 unspecified atom stereocenters. The molecule has 1 heterocycles. The zero-order valence-corrected chi connectivity index (χ0v) is 7.56.